The molecule has 1 aromatic carbocycles. The van der Waals surface area contributed by atoms with E-state index in [1.165, 1.54) is 11.0 Å². The van der Waals surface area contributed by atoms with Crippen LogP contribution in [0.1, 0.15) is 18.4 Å². The molecule has 1 unspecified atom stereocenters. The number of urea groups is 1. The van der Waals surface area contributed by atoms with Gasteiger partial charge in [-0.3, -0.25) is 19.8 Å². The number of imide groups is 1. The molecule has 110 valence electrons. The number of nitro groups is 1. The largest absolute Gasteiger partial charge is 0.327 e. The number of fused-ring (bicyclic) bond motifs is 1. The maximum Gasteiger partial charge on any atom is 0.327 e. The molecule has 1 aromatic rings. The summed E-state index contributed by atoms with van der Waals surface area (Å²) in [6, 6.07) is 2.46. The fourth-order valence-electron chi connectivity index (χ4n) is 2.86. The number of hydrogen-bond donors (Lipinski definition) is 0. The van der Waals surface area contributed by atoms with E-state index in [-0.39, 0.29) is 5.56 Å². The molecule has 2 saturated heterocycles. The molecular formula is C13H12FN3O4. The first-order valence-corrected chi connectivity index (χ1v) is 6.54. The number of halogens is 1. The van der Waals surface area contributed by atoms with Crippen LogP contribution in [-0.4, -0.2) is 39.2 Å². The average Bonchev–Trinajstić information content (AvgIpc) is 3.00. The third kappa shape index (κ3) is 2.03. The second kappa shape index (κ2) is 4.80. The number of rotatable bonds is 3. The molecule has 0 aliphatic carbocycles. The fourth-order valence-corrected chi connectivity index (χ4v) is 2.86. The van der Waals surface area contributed by atoms with Gasteiger partial charge in [0.15, 0.2) is 0 Å². The van der Waals surface area contributed by atoms with E-state index in [1.807, 2.05) is 0 Å². The minimum absolute atomic E-state index is 0.245. The number of carbonyl (C=O) groups is 2. The maximum atomic E-state index is 13.8. The Morgan fingerprint density at radius 1 is 1.38 bits per heavy atom. The average molecular weight is 293 g/mol. The Kier molecular flexibility index (Phi) is 3.08. The Morgan fingerprint density at radius 2 is 2.14 bits per heavy atom. The summed E-state index contributed by atoms with van der Waals surface area (Å²) < 4.78 is 13.8. The quantitative estimate of drug-likeness (QED) is 0.482. The third-order valence-corrected chi connectivity index (χ3v) is 3.89. The third-order valence-electron chi connectivity index (χ3n) is 3.89. The lowest BCUT2D eigenvalue weighted by Gasteiger charge is -2.15. The van der Waals surface area contributed by atoms with E-state index in [2.05, 4.69) is 0 Å². The zero-order valence-electron chi connectivity index (χ0n) is 11.0. The van der Waals surface area contributed by atoms with Crippen molar-refractivity contribution in [1.82, 2.24) is 9.80 Å². The van der Waals surface area contributed by atoms with Crippen molar-refractivity contribution in [2.45, 2.75) is 25.4 Å². The highest BCUT2D eigenvalue weighted by Gasteiger charge is 2.47. The summed E-state index contributed by atoms with van der Waals surface area (Å²) >= 11 is 0. The molecule has 8 heteroatoms. The van der Waals surface area contributed by atoms with Crippen molar-refractivity contribution < 1.29 is 18.9 Å². The van der Waals surface area contributed by atoms with Crippen molar-refractivity contribution in [2.24, 2.45) is 0 Å². The van der Waals surface area contributed by atoms with Crippen LogP contribution >= 0.6 is 0 Å². The van der Waals surface area contributed by atoms with E-state index < -0.39 is 41.0 Å². The molecule has 0 N–H and O–H groups in total. The van der Waals surface area contributed by atoms with E-state index in [0.717, 1.165) is 23.5 Å². The first kappa shape index (κ1) is 13.5. The highest BCUT2D eigenvalue weighted by atomic mass is 19.1. The van der Waals surface area contributed by atoms with Gasteiger partial charge in [0.2, 0.25) is 0 Å². The first-order valence-electron chi connectivity index (χ1n) is 6.54. The van der Waals surface area contributed by atoms with Gasteiger partial charge >= 0.3 is 6.03 Å². The lowest BCUT2D eigenvalue weighted by atomic mass is 10.1. The Labute approximate surface area is 119 Å². The molecule has 7 nitrogen and oxygen atoms in total. The molecule has 0 radical (unpaired) electrons. The molecule has 21 heavy (non-hydrogen) atoms. The predicted octanol–water partition coefficient (Wildman–Crippen LogP) is 1.66. The van der Waals surface area contributed by atoms with Gasteiger partial charge in [-0.25, -0.2) is 9.18 Å². The normalized spacial score (nSPS) is 21.1. The van der Waals surface area contributed by atoms with Gasteiger partial charge in [0, 0.05) is 12.6 Å². The molecule has 0 spiro atoms. The van der Waals surface area contributed by atoms with Crippen molar-refractivity contribution in [3.8, 4) is 0 Å². The van der Waals surface area contributed by atoms with Crippen LogP contribution in [0.2, 0.25) is 0 Å². The van der Waals surface area contributed by atoms with Crippen LogP contribution in [-0.2, 0) is 11.3 Å². The second-order valence-electron chi connectivity index (χ2n) is 5.05. The van der Waals surface area contributed by atoms with Crippen molar-refractivity contribution in [1.29, 1.82) is 0 Å². The highest BCUT2D eigenvalue weighted by Crippen LogP contribution is 2.31. The van der Waals surface area contributed by atoms with Crippen molar-refractivity contribution in [3.05, 3.63) is 39.7 Å². The molecule has 3 rings (SSSR count). The van der Waals surface area contributed by atoms with Crippen LogP contribution in [0, 0.1) is 15.9 Å². The molecule has 2 fully saturated rings. The zero-order chi connectivity index (χ0) is 15.1. The van der Waals surface area contributed by atoms with E-state index in [1.54, 1.807) is 0 Å². The molecule has 2 aliphatic heterocycles. The number of carbonyl (C=O) groups excluding carboxylic acids is 2. The summed E-state index contributed by atoms with van der Waals surface area (Å²) in [4.78, 5) is 36.9. The molecule has 0 saturated carbocycles. The molecule has 0 bridgehead atoms. The van der Waals surface area contributed by atoms with Gasteiger partial charge in [-0.15, -0.1) is 0 Å². The molecular weight excluding hydrogens is 281 g/mol. The summed E-state index contributed by atoms with van der Waals surface area (Å²) in [5.74, 6) is -1.20. The van der Waals surface area contributed by atoms with Gasteiger partial charge in [-0.1, -0.05) is 6.07 Å². The summed E-state index contributed by atoms with van der Waals surface area (Å²) in [5, 5.41) is 10.9. The van der Waals surface area contributed by atoms with Gasteiger partial charge < -0.3 is 4.90 Å². The SMILES string of the molecule is O=C1C2CCCN2C(=O)N1Cc1c(F)cccc1[N+](=O)[O-]. The number of hydrogen-bond acceptors (Lipinski definition) is 4. The first-order chi connectivity index (χ1) is 10.0. The van der Waals surface area contributed by atoms with Crippen LogP contribution in [0.15, 0.2) is 18.2 Å². The Balaban J connectivity index is 1.93. The summed E-state index contributed by atoms with van der Waals surface area (Å²) in [6.45, 7) is 0.0821. The minimum atomic E-state index is -0.795. The number of nitro benzene ring substituents is 1. The van der Waals surface area contributed by atoms with Gasteiger partial charge in [0.1, 0.15) is 11.9 Å². The van der Waals surface area contributed by atoms with Crippen LogP contribution in [0.3, 0.4) is 0 Å². The predicted molar refractivity (Wildman–Crippen MR) is 68.7 cm³/mol. The molecule has 2 aliphatic rings. The van der Waals surface area contributed by atoms with Crippen LogP contribution in [0.4, 0.5) is 14.9 Å². The van der Waals surface area contributed by atoms with E-state index in [9.17, 15) is 24.1 Å². The van der Waals surface area contributed by atoms with Crippen molar-refractivity contribution in [3.63, 3.8) is 0 Å². The monoisotopic (exact) mass is 293 g/mol. The second-order valence-corrected chi connectivity index (χ2v) is 5.05. The maximum absolute atomic E-state index is 13.8. The standard InChI is InChI=1S/C13H12FN3O4/c14-9-3-1-4-10(17(20)21)8(9)7-16-12(18)11-5-2-6-15(11)13(16)19/h1,3-4,11H,2,5-7H2. The molecule has 2 heterocycles. The lowest BCUT2D eigenvalue weighted by Crippen LogP contribution is -2.33. The van der Waals surface area contributed by atoms with Gasteiger partial charge in [0.05, 0.1) is 17.0 Å². The number of nitrogens with zero attached hydrogens (tertiary/aromatic N) is 3. The van der Waals surface area contributed by atoms with E-state index in [4.69, 9.17) is 0 Å². The van der Waals surface area contributed by atoms with Crippen LogP contribution < -0.4 is 0 Å². The van der Waals surface area contributed by atoms with Crippen molar-refractivity contribution >= 4 is 17.6 Å². The highest BCUT2D eigenvalue weighted by molar-refractivity contribution is 6.04. The zero-order valence-corrected chi connectivity index (χ0v) is 11.0. The van der Waals surface area contributed by atoms with Crippen LogP contribution in [0.5, 0.6) is 0 Å². The van der Waals surface area contributed by atoms with Gasteiger partial charge in [0.25, 0.3) is 11.6 Å². The fraction of sp³-hybridized carbons (Fsp3) is 0.385. The topological polar surface area (TPSA) is 83.8 Å². The molecule has 0 aromatic heterocycles. The molecule has 1 atom stereocenters. The number of amides is 3. The Bertz CT molecular complexity index is 626. The summed E-state index contributed by atoms with van der Waals surface area (Å²) in [5.41, 5.74) is -0.673. The number of benzene rings is 1. The Morgan fingerprint density at radius 3 is 2.81 bits per heavy atom. The van der Waals surface area contributed by atoms with Gasteiger partial charge in [-0.05, 0) is 18.9 Å². The van der Waals surface area contributed by atoms with E-state index in [0.29, 0.717) is 13.0 Å². The smallest absolute Gasteiger partial charge is 0.312 e. The van der Waals surface area contributed by atoms with Gasteiger partial charge in [-0.2, -0.15) is 0 Å². The lowest BCUT2D eigenvalue weighted by molar-refractivity contribution is -0.385. The summed E-state index contributed by atoms with van der Waals surface area (Å²) in [7, 11) is 0. The van der Waals surface area contributed by atoms with Crippen LogP contribution in [0.25, 0.3) is 0 Å². The molecule has 3 amide bonds. The minimum Gasteiger partial charge on any atom is -0.312 e. The van der Waals surface area contributed by atoms with E-state index >= 15 is 0 Å². The summed E-state index contributed by atoms with van der Waals surface area (Å²) in [6.07, 6.45) is 1.34. The van der Waals surface area contributed by atoms with Crippen molar-refractivity contribution in [2.75, 3.05) is 6.54 Å². The Hall–Kier alpha value is -2.51.